The van der Waals surface area contributed by atoms with Crippen LogP contribution in [-0.2, 0) is 16.1 Å². The van der Waals surface area contributed by atoms with E-state index < -0.39 is 0 Å². The Balaban J connectivity index is 1.41. The van der Waals surface area contributed by atoms with Crippen LogP contribution in [0.15, 0.2) is 60.7 Å². The van der Waals surface area contributed by atoms with E-state index in [0.717, 1.165) is 38.2 Å². The summed E-state index contributed by atoms with van der Waals surface area (Å²) in [4.78, 5) is 31.5. The van der Waals surface area contributed by atoms with Crippen LogP contribution in [0.2, 0.25) is 0 Å². The number of hydrogen-bond acceptors (Lipinski definition) is 4. The third-order valence-electron chi connectivity index (χ3n) is 6.41. The smallest absolute Gasteiger partial charge is 0.325 e. The highest BCUT2D eigenvalue weighted by Gasteiger charge is 2.42. The molecule has 31 heavy (non-hydrogen) atoms. The van der Waals surface area contributed by atoms with E-state index >= 15 is 0 Å². The molecule has 0 aromatic heterocycles. The zero-order chi connectivity index (χ0) is 21.6. The van der Waals surface area contributed by atoms with Gasteiger partial charge < -0.3 is 9.64 Å². The largest absolute Gasteiger partial charge is 0.469 e. The van der Waals surface area contributed by atoms with Gasteiger partial charge >= 0.3 is 12.0 Å². The number of esters is 1. The van der Waals surface area contributed by atoms with Crippen LogP contribution < -0.4 is 4.90 Å². The minimum atomic E-state index is -0.229. The van der Waals surface area contributed by atoms with Gasteiger partial charge in [0, 0.05) is 44.3 Å². The molecule has 2 fully saturated rings. The number of urea groups is 1. The summed E-state index contributed by atoms with van der Waals surface area (Å²) < 4.78 is 4.82. The quantitative estimate of drug-likeness (QED) is 0.636. The monoisotopic (exact) mass is 421 g/mol. The maximum atomic E-state index is 13.4. The van der Waals surface area contributed by atoms with Crippen LogP contribution in [0.4, 0.5) is 10.5 Å². The van der Waals surface area contributed by atoms with Crippen LogP contribution in [0, 0.1) is 0 Å². The Bertz CT molecular complexity index is 866. The number of rotatable bonds is 7. The van der Waals surface area contributed by atoms with E-state index in [0.29, 0.717) is 19.4 Å². The number of carbonyl (C=O) groups excluding carboxylic acids is 2. The van der Waals surface area contributed by atoms with Crippen molar-refractivity contribution in [1.29, 1.82) is 0 Å². The first-order valence-corrected chi connectivity index (χ1v) is 11.1. The third-order valence-corrected chi connectivity index (χ3v) is 6.41. The molecule has 1 unspecified atom stereocenters. The Morgan fingerprint density at radius 1 is 1.00 bits per heavy atom. The lowest BCUT2D eigenvalue weighted by atomic mass is 10.0. The van der Waals surface area contributed by atoms with Crippen molar-refractivity contribution in [2.45, 2.75) is 44.3 Å². The number of carbonyl (C=O) groups is 2. The number of piperidine rings is 1. The predicted octanol–water partition coefficient (Wildman–Crippen LogP) is 3.92. The number of hydrogen-bond donors (Lipinski definition) is 0. The molecule has 0 aliphatic carbocycles. The third kappa shape index (κ3) is 5.07. The standard InChI is InChI=1S/C25H31N3O3/c1-31-24(29)13-12-23-19-27(25(30)28(23)22-10-6-3-7-11-22)21-14-16-26(17-15-21)18-20-8-4-2-5-9-20/h2-11,21,23H,12-19H2,1H3. The van der Waals surface area contributed by atoms with Crippen LogP contribution in [-0.4, -0.2) is 60.6 Å². The Kier molecular flexibility index (Phi) is 6.87. The lowest BCUT2D eigenvalue weighted by Crippen LogP contribution is -2.46. The molecule has 0 bridgehead atoms. The van der Waals surface area contributed by atoms with Gasteiger partial charge in [-0.25, -0.2) is 4.79 Å². The second kappa shape index (κ2) is 9.96. The van der Waals surface area contributed by atoms with Gasteiger partial charge in [0.2, 0.25) is 0 Å². The summed E-state index contributed by atoms with van der Waals surface area (Å²) in [6, 6.07) is 20.6. The van der Waals surface area contributed by atoms with Crippen molar-refractivity contribution < 1.29 is 14.3 Å². The first-order valence-electron chi connectivity index (χ1n) is 11.1. The van der Waals surface area contributed by atoms with Crippen molar-refractivity contribution in [3.05, 3.63) is 66.2 Å². The topological polar surface area (TPSA) is 53.1 Å². The van der Waals surface area contributed by atoms with E-state index in [1.165, 1.54) is 12.7 Å². The molecule has 2 aromatic rings. The fourth-order valence-corrected chi connectivity index (χ4v) is 4.73. The van der Waals surface area contributed by atoms with Crippen molar-refractivity contribution in [2.75, 3.05) is 31.6 Å². The number of ether oxygens (including phenoxy) is 1. The second-order valence-corrected chi connectivity index (χ2v) is 8.40. The molecular formula is C25H31N3O3. The number of amides is 2. The molecule has 2 amide bonds. The van der Waals surface area contributed by atoms with Crippen LogP contribution in [0.3, 0.4) is 0 Å². The molecule has 2 heterocycles. The predicted molar refractivity (Wildman–Crippen MR) is 121 cm³/mol. The summed E-state index contributed by atoms with van der Waals surface area (Å²) in [6.07, 6.45) is 2.88. The Morgan fingerprint density at radius 3 is 2.29 bits per heavy atom. The Labute approximate surface area is 184 Å². The van der Waals surface area contributed by atoms with E-state index in [1.807, 2.05) is 46.2 Å². The molecule has 0 N–H and O–H groups in total. The molecule has 6 heteroatoms. The zero-order valence-corrected chi connectivity index (χ0v) is 18.2. The molecule has 1 atom stereocenters. The Morgan fingerprint density at radius 2 is 1.65 bits per heavy atom. The first kappa shape index (κ1) is 21.4. The van der Waals surface area contributed by atoms with Crippen molar-refractivity contribution in [2.24, 2.45) is 0 Å². The summed E-state index contributed by atoms with van der Waals surface area (Å²) in [5, 5.41) is 0. The number of anilines is 1. The number of methoxy groups -OCH3 is 1. The van der Waals surface area contributed by atoms with Gasteiger partial charge in [0.25, 0.3) is 0 Å². The normalized spacial score (nSPS) is 20.3. The average molecular weight is 422 g/mol. The van der Waals surface area contributed by atoms with Crippen molar-refractivity contribution >= 4 is 17.7 Å². The number of likely N-dealkylation sites (tertiary alicyclic amines) is 1. The highest BCUT2D eigenvalue weighted by molar-refractivity contribution is 5.95. The molecule has 2 aliphatic heterocycles. The number of benzene rings is 2. The van der Waals surface area contributed by atoms with Gasteiger partial charge in [-0.2, -0.15) is 0 Å². The zero-order valence-electron chi connectivity index (χ0n) is 18.2. The fraction of sp³-hybridized carbons (Fsp3) is 0.440. The fourth-order valence-electron chi connectivity index (χ4n) is 4.73. The summed E-state index contributed by atoms with van der Waals surface area (Å²) >= 11 is 0. The SMILES string of the molecule is COC(=O)CCC1CN(C2CCN(Cc3ccccc3)CC2)C(=O)N1c1ccccc1. The van der Waals surface area contributed by atoms with Gasteiger partial charge in [-0.3, -0.25) is 14.6 Å². The summed E-state index contributed by atoms with van der Waals surface area (Å²) in [5.74, 6) is -0.229. The molecule has 4 rings (SSSR count). The maximum absolute atomic E-state index is 13.4. The van der Waals surface area contributed by atoms with Crippen molar-refractivity contribution in [3.63, 3.8) is 0 Å². The molecule has 0 spiro atoms. The van der Waals surface area contributed by atoms with Gasteiger partial charge in [-0.15, -0.1) is 0 Å². The maximum Gasteiger partial charge on any atom is 0.325 e. The highest BCUT2D eigenvalue weighted by atomic mass is 16.5. The summed E-state index contributed by atoms with van der Waals surface area (Å²) in [5.41, 5.74) is 2.22. The lowest BCUT2D eigenvalue weighted by molar-refractivity contribution is -0.140. The van der Waals surface area contributed by atoms with Crippen LogP contribution >= 0.6 is 0 Å². The Hall–Kier alpha value is -2.86. The van der Waals surface area contributed by atoms with E-state index in [1.54, 1.807) is 0 Å². The molecule has 164 valence electrons. The highest BCUT2D eigenvalue weighted by Crippen LogP contribution is 2.31. The van der Waals surface area contributed by atoms with E-state index in [9.17, 15) is 9.59 Å². The molecule has 0 radical (unpaired) electrons. The minimum Gasteiger partial charge on any atom is -0.469 e. The average Bonchev–Trinajstić information content (AvgIpc) is 3.15. The van der Waals surface area contributed by atoms with E-state index in [2.05, 4.69) is 29.2 Å². The molecule has 2 aromatic carbocycles. The van der Waals surface area contributed by atoms with Crippen LogP contribution in [0.1, 0.15) is 31.2 Å². The van der Waals surface area contributed by atoms with Gasteiger partial charge in [-0.05, 0) is 37.0 Å². The van der Waals surface area contributed by atoms with E-state index in [4.69, 9.17) is 4.74 Å². The molecular weight excluding hydrogens is 390 g/mol. The van der Waals surface area contributed by atoms with Gasteiger partial charge in [0.05, 0.1) is 13.2 Å². The van der Waals surface area contributed by atoms with Gasteiger partial charge in [0.1, 0.15) is 0 Å². The van der Waals surface area contributed by atoms with Crippen LogP contribution in [0.5, 0.6) is 0 Å². The number of nitrogens with zero attached hydrogens (tertiary/aromatic N) is 3. The van der Waals surface area contributed by atoms with E-state index in [-0.39, 0.29) is 24.1 Å². The lowest BCUT2D eigenvalue weighted by Gasteiger charge is -2.36. The van der Waals surface area contributed by atoms with Crippen LogP contribution in [0.25, 0.3) is 0 Å². The van der Waals surface area contributed by atoms with Gasteiger partial charge in [0.15, 0.2) is 0 Å². The molecule has 6 nitrogen and oxygen atoms in total. The first-order chi connectivity index (χ1) is 15.2. The van der Waals surface area contributed by atoms with Crippen molar-refractivity contribution in [3.8, 4) is 0 Å². The minimum absolute atomic E-state index is 0.0173. The van der Waals surface area contributed by atoms with Gasteiger partial charge in [-0.1, -0.05) is 48.5 Å². The molecule has 0 saturated carbocycles. The van der Waals surface area contributed by atoms with Crippen molar-refractivity contribution in [1.82, 2.24) is 9.80 Å². The summed E-state index contributed by atoms with van der Waals surface area (Å²) in [6.45, 7) is 3.59. The molecule has 2 aliphatic rings. The number of para-hydroxylation sites is 1. The second-order valence-electron chi connectivity index (χ2n) is 8.40. The molecule has 2 saturated heterocycles. The summed E-state index contributed by atoms with van der Waals surface area (Å²) in [7, 11) is 1.41.